The van der Waals surface area contributed by atoms with Crippen molar-refractivity contribution in [3.8, 4) is 11.5 Å². The zero-order chi connectivity index (χ0) is 17.4. The molecule has 24 heavy (non-hydrogen) atoms. The second kappa shape index (κ2) is 8.57. The maximum Gasteiger partial charge on any atom is 0.338 e. The number of ether oxygens (including phenoxy) is 3. The number of benzene rings is 2. The third kappa shape index (κ3) is 5.01. The number of carbonyl (C=O) groups is 2. The normalized spacial score (nSPS) is 9.92. The first-order valence-electron chi connectivity index (χ1n) is 7.46. The fourth-order valence-corrected chi connectivity index (χ4v) is 1.92. The Morgan fingerprint density at radius 2 is 1.58 bits per heavy atom. The van der Waals surface area contributed by atoms with Crippen molar-refractivity contribution in [1.82, 2.24) is 0 Å². The molecule has 2 aromatic carbocycles. The van der Waals surface area contributed by atoms with Gasteiger partial charge in [-0.1, -0.05) is 0 Å². The highest BCUT2D eigenvalue weighted by atomic mass is 16.5. The van der Waals surface area contributed by atoms with Crippen LogP contribution in [-0.4, -0.2) is 32.2 Å². The van der Waals surface area contributed by atoms with Gasteiger partial charge in [0.2, 0.25) is 0 Å². The average molecular weight is 329 g/mol. The van der Waals surface area contributed by atoms with Gasteiger partial charge in [-0.2, -0.15) is 0 Å². The lowest BCUT2D eigenvalue weighted by Crippen LogP contribution is -2.20. The lowest BCUT2D eigenvalue weighted by atomic mass is 10.2. The number of hydrogen-bond acceptors (Lipinski definition) is 5. The minimum Gasteiger partial charge on any atom is -0.497 e. The first kappa shape index (κ1) is 17.3. The van der Waals surface area contributed by atoms with Gasteiger partial charge in [-0.05, 0) is 55.5 Å². The van der Waals surface area contributed by atoms with E-state index < -0.39 is 5.97 Å². The number of hydrogen-bond donors (Lipinski definition) is 1. The van der Waals surface area contributed by atoms with Gasteiger partial charge in [0, 0.05) is 5.69 Å². The zero-order valence-electron chi connectivity index (χ0n) is 13.6. The van der Waals surface area contributed by atoms with Gasteiger partial charge in [0.15, 0.2) is 6.61 Å². The molecule has 0 radical (unpaired) electrons. The van der Waals surface area contributed by atoms with Crippen molar-refractivity contribution in [2.45, 2.75) is 6.92 Å². The summed E-state index contributed by atoms with van der Waals surface area (Å²) in [5.74, 6) is 0.602. The van der Waals surface area contributed by atoms with Crippen LogP contribution in [0.2, 0.25) is 0 Å². The number of methoxy groups -OCH3 is 1. The highest BCUT2D eigenvalue weighted by Crippen LogP contribution is 2.17. The molecule has 0 saturated carbocycles. The topological polar surface area (TPSA) is 73.9 Å². The highest BCUT2D eigenvalue weighted by molar-refractivity contribution is 5.93. The molecular weight excluding hydrogens is 310 g/mol. The van der Waals surface area contributed by atoms with E-state index in [1.807, 2.05) is 0 Å². The van der Waals surface area contributed by atoms with Crippen LogP contribution in [0.15, 0.2) is 48.5 Å². The number of rotatable bonds is 7. The van der Waals surface area contributed by atoms with Crippen LogP contribution in [0.5, 0.6) is 11.5 Å². The smallest absolute Gasteiger partial charge is 0.338 e. The van der Waals surface area contributed by atoms with Crippen LogP contribution in [-0.2, 0) is 9.53 Å². The van der Waals surface area contributed by atoms with Crippen LogP contribution in [0.1, 0.15) is 17.3 Å². The summed E-state index contributed by atoms with van der Waals surface area (Å²) in [7, 11) is 1.58. The van der Waals surface area contributed by atoms with Crippen LogP contribution in [0.3, 0.4) is 0 Å². The van der Waals surface area contributed by atoms with Crippen molar-refractivity contribution < 1.29 is 23.8 Å². The second-order valence-electron chi connectivity index (χ2n) is 4.81. The molecule has 0 spiro atoms. The summed E-state index contributed by atoms with van der Waals surface area (Å²) < 4.78 is 15.3. The van der Waals surface area contributed by atoms with Crippen molar-refractivity contribution in [2.24, 2.45) is 0 Å². The molecule has 0 aliphatic carbocycles. The minimum absolute atomic E-state index is 0.119. The van der Waals surface area contributed by atoms with Crippen molar-refractivity contribution in [3.63, 3.8) is 0 Å². The van der Waals surface area contributed by atoms with Gasteiger partial charge in [-0.15, -0.1) is 0 Å². The summed E-state index contributed by atoms with van der Waals surface area (Å²) in [5, 5.41) is 2.69. The molecule has 0 bridgehead atoms. The number of nitrogens with one attached hydrogen (secondary N) is 1. The average Bonchev–Trinajstić information content (AvgIpc) is 2.61. The first-order valence-corrected chi connectivity index (χ1v) is 7.46. The molecule has 2 rings (SSSR count). The van der Waals surface area contributed by atoms with E-state index in [0.29, 0.717) is 29.4 Å². The fraction of sp³-hybridized carbons (Fsp3) is 0.222. The van der Waals surface area contributed by atoms with E-state index in [0.717, 1.165) is 0 Å². The van der Waals surface area contributed by atoms with Gasteiger partial charge in [0.05, 0.1) is 19.3 Å². The van der Waals surface area contributed by atoms with Crippen LogP contribution in [0.25, 0.3) is 0 Å². The predicted molar refractivity (Wildman–Crippen MR) is 89.5 cm³/mol. The molecule has 1 N–H and O–H groups in total. The molecule has 0 aliphatic heterocycles. The Bertz CT molecular complexity index is 680. The number of anilines is 1. The largest absolute Gasteiger partial charge is 0.497 e. The van der Waals surface area contributed by atoms with E-state index in [4.69, 9.17) is 14.2 Å². The fourth-order valence-electron chi connectivity index (χ4n) is 1.92. The van der Waals surface area contributed by atoms with Crippen LogP contribution in [0.4, 0.5) is 5.69 Å². The summed E-state index contributed by atoms with van der Waals surface area (Å²) in [6.45, 7) is 1.95. The molecule has 0 fully saturated rings. The van der Waals surface area contributed by atoms with E-state index in [9.17, 15) is 9.59 Å². The summed E-state index contributed by atoms with van der Waals surface area (Å²) in [4.78, 5) is 23.4. The van der Waals surface area contributed by atoms with E-state index in [-0.39, 0.29) is 12.5 Å². The summed E-state index contributed by atoms with van der Waals surface area (Å²) in [6, 6.07) is 13.4. The van der Waals surface area contributed by atoms with Crippen molar-refractivity contribution in [3.05, 3.63) is 54.1 Å². The van der Waals surface area contributed by atoms with Crippen LogP contribution >= 0.6 is 0 Å². The molecule has 0 atom stereocenters. The third-order valence-corrected chi connectivity index (χ3v) is 3.11. The Kier molecular flexibility index (Phi) is 6.19. The first-order chi connectivity index (χ1) is 11.6. The molecule has 0 aliphatic rings. The predicted octanol–water partition coefficient (Wildman–Crippen LogP) is 2.89. The number of esters is 1. The molecule has 2 aromatic rings. The van der Waals surface area contributed by atoms with Gasteiger partial charge in [-0.3, -0.25) is 4.79 Å². The molecular formula is C18H19NO5. The van der Waals surface area contributed by atoms with Crippen LogP contribution in [0, 0.1) is 0 Å². The van der Waals surface area contributed by atoms with E-state index >= 15 is 0 Å². The number of amides is 1. The van der Waals surface area contributed by atoms with E-state index in [1.54, 1.807) is 62.6 Å². The van der Waals surface area contributed by atoms with Gasteiger partial charge >= 0.3 is 5.97 Å². The Morgan fingerprint density at radius 3 is 2.17 bits per heavy atom. The number of carbonyl (C=O) groups excluding carboxylic acids is 2. The molecule has 0 saturated heterocycles. The Morgan fingerprint density at radius 1 is 0.958 bits per heavy atom. The molecule has 6 nitrogen and oxygen atoms in total. The standard InChI is InChI=1S/C18H19NO5/c1-3-23-18(21)13-4-6-14(7-5-13)19-17(20)12-24-16-10-8-15(22-2)9-11-16/h4-11H,3,12H2,1-2H3,(H,19,20). The Labute approximate surface area is 140 Å². The maximum absolute atomic E-state index is 11.9. The van der Waals surface area contributed by atoms with E-state index in [1.165, 1.54) is 0 Å². The summed E-state index contributed by atoms with van der Waals surface area (Å²) in [6.07, 6.45) is 0. The van der Waals surface area contributed by atoms with Gasteiger partial charge < -0.3 is 19.5 Å². The van der Waals surface area contributed by atoms with Crippen molar-refractivity contribution in [1.29, 1.82) is 0 Å². The van der Waals surface area contributed by atoms with Crippen molar-refractivity contribution in [2.75, 3.05) is 25.6 Å². The molecule has 6 heteroatoms. The molecule has 0 aromatic heterocycles. The molecule has 126 valence electrons. The summed E-state index contributed by atoms with van der Waals surface area (Å²) >= 11 is 0. The monoisotopic (exact) mass is 329 g/mol. The van der Waals surface area contributed by atoms with Crippen molar-refractivity contribution >= 4 is 17.6 Å². The molecule has 0 unspecified atom stereocenters. The zero-order valence-corrected chi connectivity index (χ0v) is 13.6. The van der Waals surface area contributed by atoms with Gasteiger partial charge in [0.1, 0.15) is 11.5 Å². The van der Waals surface area contributed by atoms with E-state index in [2.05, 4.69) is 5.32 Å². The minimum atomic E-state index is -0.391. The second-order valence-corrected chi connectivity index (χ2v) is 4.81. The third-order valence-electron chi connectivity index (χ3n) is 3.11. The molecule has 0 heterocycles. The highest BCUT2D eigenvalue weighted by Gasteiger charge is 2.07. The summed E-state index contributed by atoms with van der Waals surface area (Å²) in [5.41, 5.74) is 1.01. The maximum atomic E-state index is 11.9. The van der Waals surface area contributed by atoms with Gasteiger partial charge in [-0.25, -0.2) is 4.79 Å². The van der Waals surface area contributed by atoms with Crippen LogP contribution < -0.4 is 14.8 Å². The SMILES string of the molecule is CCOC(=O)c1ccc(NC(=O)COc2ccc(OC)cc2)cc1. The van der Waals surface area contributed by atoms with Gasteiger partial charge in [0.25, 0.3) is 5.91 Å². The quantitative estimate of drug-likeness (QED) is 0.791. The molecule has 1 amide bonds. The lowest BCUT2D eigenvalue weighted by molar-refractivity contribution is -0.118. The Hall–Kier alpha value is -3.02. The lowest BCUT2D eigenvalue weighted by Gasteiger charge is -2.08. The Balaban J connectivity index is 1.84.